The monoisotopic (exact) mass is 164 g/mol. The lowest BCUT2D eigenvalue weighted by molar-refractivity contribution is -0.660. The lowest BCUT2D eigenvalue weighted by Gasteiger charge is -1.97. The van der Waals surface area contributed by atoms with Gasteiger partial charge in [0.15, 0.2) is 0 Å². The fraction of sp³-hybridized carbons (Fsp3) is 0.200. The van der Waals surface area contributed by atoms with Gasteiger partial charge in [-0.25, -0.2) is 4.39 Å². The number of terminal acetylenes is 1. The zero-order valence-corrected chi connectivity index (χ0v) is 6.76. The van der Waals surface area contributed by atoms with Gasteiger partial charge in [0.2, 0.25) is 0 Å². The van der Waals surface area contributed by atoms with E-state index in [1.807, 2.05) is 5.32 Å². The zero-order valence-electron chi connectivity index (χ0n) is 6.76. The first-order valence-electron chi connectivity index (χ1n) is 3.82. The van der Waals surface area contributed by atoms with Gasteiger partial charge >= 0.3 is 0 Å². The average Bonchev–Trinajstić information content (AvgIpc) is 2.09. The predicted molar refractivity (Wildman–Crippen MR) is 45.7 cm³/mol. The van der Waals surface area contributed by atoms with Crippen molar-refractivity contribution in [1.29, 1.82) is 0 Å². The molecule has 0 bridgehead atoms. The molecule has 62 valence electrons. The smallest absolute Gasteiger partial charge is 0.137 e. The molecule has 0 atom stereocenters. The largest absolute Gasteiger partial charge is 0.332 e. The third-order valence-electron chi connectivity index (χ3n) is 1.56. The van der Waals surface area contributed by atoms with Crippen LogP contribution >= 0.6 is 0 Å². The number of quaternary nitrogens is 1. The van der Waals surface area contributed by atoms with Gasteiger partial charge in [0, 0.05) is 5.56 Å². The van der Waals surface area contributed by atoms with E-state index in [1.54, 1.807) is 12.1 Å². The molecule has 2 N–H and O–H groups in total. The Balaban J connectivity index is 2.43. The van der Waals surface area contributed by atoms with Crippen LogP contribution in [0.3, 0.4) is 0 Å². The van der Waals surface area contributed by atoms with E-state index in [1.165, 1.54) is 12.1 Å². The number of rotatable bonds is 3. The zero-order chi connectivity index (χ0) is 8.81. The lowest BCUT2D eigenvalue weighted by Crippen LogP contribution is -2.82. The molecule has 0 radical (unpaired) electrons. The summed E-state index contributed by atoms with van der Waals surface area (Å²) in [4.78, 5) is 0. The molecule has 1 aromatic carbocycles. The van der Waals surface area contributed by atoms with E-state index >= 15 is 0 Å². The summed E-state index contributed by atoms with van der Waals surface area (Å²) in [6.45, 7) is 1.47. The third kappa shape index (κ3) is 2.73. The van der Waals surface area contributed by atoms with Crippen LogP contribution in [0.25, 0.3) is 0 Å². The molecule has 0 aromatic heterocycles. The summed E-state index contributed by atoms with van der Waals surface area (Å²) in [5.74, 6) is 2.32. The quantitative estimate of drug-likeness (QED) is 0.495. The van der Waals surface area contributed by atoms with Crippen molar-refractivity contribution < 1.29 is 9.71 Å². The van der Waals surface area contributed by atoms with Crippen molar-refractivity contribution in [2.75, 3.05) is 6.54 Å². The van der Waals surface area contributed by atoms with E-state index in [2.05, 4.69) is 5.92 Å². The summed E-state index contributed by atoms with van der Waals surface area (Å²) >= 11 is 0. The minimum absolute atomic E-state index is 0.198. The van der Waals surface area contributed by atoms with Crippen molar-refractivity contribution in [2.45, 2.75) is 6.54 Å². The second-order valence-corrected chi connectivity index (χ2v) is 2.53. The number of hydrogen-bond acceptors (Lipinski definition) is 0. The van der Waals surface area contributed by atoms with Crippen LogP contribution in [0.15, 0.2) is 24.3 Å². The Morgan fingerprint density at radius 3 is 2.58 bits per heavy atom. The summed E-state index contributed by atoms with van der Waals surface area (Å²) in [6, 6.07) is 6.45. The predicted octanol–water partition coefficient (Wildman–Crippen LogP) is 0.522. The van der Waals surface area contributed by atoms with Crippen LogP contribution in [-0.2, 0) is 6.54 Å². The Labute approximate surface area is 71.6 Å². The molecule has 1 aromatic rings. The molecular formula is C10H11FN+. The highest BCUT2D eigenvalue weighted by molar-refractivity contribution is 5.14. The summed E-state index contributed by atoms with van der Waals surface area (Å²) in [5, 5.41) is 1.99. The van der Waals surface area contributed by atoms with E-state index in [9.17, 15) is 4.39 Å². The third-order valence-corrected chi connectivity index (χ3v) is 1.56. The maximum atomic E-state index is 12.4. The van der Waals surface area contributed by atoms with Gasteiger partial charge in [-0.15, -0.1) is 6.42 Å². The fourth-order valence-electron chi connectivity index (χ4n) is 0.943. The Kier molecular flexibility index (Phi) is 3.31. The first kappa shape index (κ1) is 8.76. The van der Waals surface area contributed by atoms with Gasteiger partial charge in [0.25, 0.3) is 0 Å². The van der Waals surface area contributed by atoms with Gasteiger partial charge in [0.05, 0.1) is 0 Å². The molecule has 0 amide bonds. The van der Waals surface area contributed by atoms with Crippen LogP contribution in [0, 0.1) is 18.2 Å². The highest BCUT2D eigenvalue weighted by Crippen LogP contribution is 1.99. The molecule has 2 heteroatoms. The summed E-state index contributed by atoms with van der Waals surface area (Å²) in [7, 11) is 0. The van der Waals surface area contributed by atoms with Gasteiger partial charge in [0.1, 0.15) is 18.9 Å². The maximum Gasteiger partial charge on any atom is 0.137 e. The number of benzene rings is 1. The molecule has 0 saturated carbocycles. The Hall–Kier alpha value is -1.33. The highest BCUT2D eigenvalue weighted by atomic mass is 19.1. The van der Waals surface area contributed by atoms with Crippen LogP contribution in [0.5, 0.6) is 0 Å². The van der Waals surface area contributed by atoms with Crippen LogP contribution in [0.1, 0.15) is 5.56 Å². The summed E-state index contributed by atoms with van der Waals surface area (Å²) in [6.07, 6.45) is 5.08. The molecule has 1 nitrogen and oxygen atoms in total. The van der Waals surface area contributed by atoms with Crippen LogP contribution in [0.2, 0.25) is 0 Å². The lowest BCUT2D eigenvalue weighted by atomic mass is 10.2. The van der Waals surface area contributed by atoms with Gasteiger partial charge in [-0.3, -0.25) is 0 Å². The first-order chi connectivity index (χ1) is 5.83. The molecule has 0 saturated heterocycles. The van der Waals surface area contributed by atoms with Crippen LogP contribution in [0.4, 0.5) is 4.39 Å². The maximum absolute atomic E-state index is 12.4. The molecular weight excluding hydrogens is 153 g/mol. The molecule has 0 heterocycles. The van der Waals surface area contributed by atoms with Gasteiger partial charge in [-0.2, -0.15) is 0 Å². The van der Waals surface area contributed by atoms with Crippen LogP contribution in [-0.4, -0.2) is 6.54 Å². The van der Waals surface area contributed by atoms with Crippen molar-refractivity contribution in [3.05, 3.63) is 35.6 Å². The number of halogens is 1. The number of nitrogens with two attached hydrogens (primary N) is 1. The molecule has 0 aliphatic heterocycles. The van der Waals surface area contributed by atoms with E-state index in [0.29, 0.717) is 6.54 Å². The molecule has 0 aliphatic rings. The Morgan fingerprint density at radius 1 is 1.33 bits per heavy atom. The molecule has 0 fully saturated rings. The first-order valence-corrected chi connectivity index (χ1v) is 3.82. The second kappa shape index (κ2) is 4.53. The van der Waals surface area contributed by atoms with Crippen molar-refractivity contribution in [1.82, 2.24) is 0 Å². The summed E-state index contributed by atoms with van der Waals surface area (Å²) < 4.78 is 12.4. The average molecular weight is 164 g/mol. The van der Waals surface area contributed by atoms with Crippen molar-refractivity contribution in [3.8, 4) is 12.3 Å². The minimum atomic E-state index is -0.198. The Morgan fingerprint density at radius 2 is 2.00 bits per heavy atom. The standard InChI is InChI=1S/C10H10FN/c1-2-7-12-8-9-3-5-10(11)6-4-9/h1,3-6,12H,7-8H2/p+1. The second-order valence-electron chi connectivity index (χ2n) is 2.53. The van der Waals surface area contributed by atoms with Crippen molar-refractivity contribution in [2.24, 2.45) is 0 Å². The normalized spacial score (nSPS) is 9.33. The minimum Gasteiger partial charge on any atom is -0.332 e. The molecule has 0 aliphatic carbocycles. The van der Waals surface area contributed by atoms with Crippen LogP contribution < -0.4 is 5.32 Å². The number of hydrogen-bond donors (Lipinski definition) is 1. The highest BCUT2D eigenvalue weighted by Gasteiger charge is 1.93. The molecule has 1 rings (SSSR count). The van der Waals surface area contributed by atoms with E-state index in [-0.39, 0.29) is 5.82 Å². The van der Waals surface area contributed by atoms with Gasteiger partial charge in [-0.1, -0.05) is 12.1 Å². The van der Waals surface area contributed by atoms with Crippen molar-refractivity contribution in [3.63, 3.8) is 0 Å². The fourth-order valence-corrected chi connectivity index (χ4v) is 0.943. The topological polar surface area (TPSA) is 16.6 Å². The molecule has 0 unspecified atom stereocenters. The van der Waals surface area contributed by atoms with E-state index in [4.69, 9.17) is 6.42 Å². The van der Waals surface area contributed by atoms with Gasteiger partial charge < -0.3 is 5.32 Å². The van der Waals surface area contributed by atoms with Crippen molar-refractivity contribution >= 4 is 0 Å². The van der Waals surface area contributed by atoms with E-state index in [0.717, 1.165) is 12.1 Å². The summed E-state index contributed by atoms with van der Waals surface area (Å²) in [5.41, 5.74) is 1.09. The molecule has 0 spiro atoms. The Bertz CT molecular complexity index is 271. The van der Waals surface area contributed by atoms with E-state index < -0.39 is 0 Å². The SMILES string of the molecule is C#CC[NH2+]Cc1ccc(F)cc1. The molecule has 12 heavy (non-hydrogen) atoms. The van der Waals surface area contributed by atoms with Gasteiger partial charge in [-0.05, 0) is 18.1 Å².